The van der Waals surface area contributed by atoms with E-state index in [-0.39, 0.29) is 0 Å². The number of ether oxygens (including phenoxy) is 1. The summed E-state index contributed by atoms with van der Waals surface area (Å²) in [5, 5.41) is 3.67. The van der Waals surface area contributed by atoms with Gasteiger partial charge < -0.3 is 10.1 Å². The van der Waals surface area contributed by atoms with Crippen LogP contribution in [-0.2, 0) is 6.54 Å². The zero-order valence-electron chi connectivity index (χ0n) is 12.0. The van der Waals surface area contributed by atoms with Crippen molar-refractivity contribution in [2.45, 2.75) is 58.5 Å². The maximum atomic E-state index is 5.25. The van der Waals surface area contributed by atoms with Crippen molar-refractivity contribution in [3.8, 4) is 5.75 Å². The minimum absolute atomic E-state index is 0.654. The van der Waals surface area contributed by atoms with E-state index in [4.69, 9.17) is 4.74 Å². The van der Waals surface area contributed by atoms with Crippen LogP contribution in [0.4, 0.5) is 0 Å². The van der Waals surface area contributed by atoms with E-state index in [0.717, 1.165) is 12.3 Å². The Morgan fingerprint density at radius 2 is 2.00 bits per heavy atom. The van der Waals surface area contributed by atoms with E-state index < -0.39 is 0 Å². The third kappa shape index (κ3) is 5.54. The van der Waals surface area contributed by atoms with Crippen LogP contribution in [0.15, 0.2) is 24.3 Å². The molecule has 102 valence electrons. The Kier molecular flexibility index (Phi) is 7.51. The monoisotopic (exact) mass is 249 g/mol. The average molecular weight is 249 g/mol. The van der Waals surface area contributed by atoms with E-state index in [1.165, 1.54) is 37.7 Å². The molecule has 18 heavy (non-hydrogen) atoms. The zero-order chi connectivity index (χ0) is 13.2. The van der Waals surface area contributed by atoms with Crippen molar-refractivity contribution >= 4 is 0 Å². The molecule has 0 aliphatic heterocycles. The van der Waals surface area contributed by atoms with Crippen LogP contribution in [0.3, 0.4) is 0 Å². The molecule has 0 aliphatic carbocycles. The lowest BCUT2D eigenvalue weighted by molar-refractivity contribution is 0.412. The summed E-state index contributed by atoms with van der Waals surface area (Å²) in [5.74, 6) is 0.940. The SMILES string of the molecule is CCCCC(CCC)NCc1cccc(OC)c1. The standard InChI is InChI=1S/C16H27NO/c1-4-6-10-15(8-5-2)17-13-14-9-7-11-16(12-14)18-3/h7,9,11-12,15,17H,4-6,8,10,13H2,1-3H3. The van der Waals surface area contributed by atoms with E-state index in [1.807, 2.05) is 6.07 Å². The summed E-state index contributed by atoms with van der Waals surface area (Å²) in [6.45, 7) is 5.45. The van der Waals surface area contributed by atoms with Gasteiger partial charge in [-0.2, -0.15) is 0 Å². The highest BCUT2D eigenvalue weighted by atomic mass is 16.5. The molecule has 0 fully saturated rings. The molecule has 0 saturated heterocycles. The molecule has 0 aromatic heterocycles. The molecule has 1 N–H and O–H groups in total. The fourth-order valence-corrected chi connectivity index (χ4v) is 2.19. The van der Waals surface area contributed by atoms with Gasteiger partial charge in [0.05, 0.1) is 7.11 Å². The van der Waals surface area contributed by atoms with Crippen molar-refractivity contribution in [3.05, 3.63) is 29.8 Å². The molecule has 0 amide bonds. The molecule has 0 saturated carbocycles. The fourth-order valence-electron chi connectivity index (χ4n) is 2.19. The fraction of sp³-hybridized carbons (Fsp3) is 0.625. The Bertz CT molecular complexity index is 325. The van der Waals surface area contributed by atoms with Crippen LogP contribution in [0.25, 0.3) is 0 Å². The number of rotatable bonds is 9. The van der Waals surface area contributed by atoms with Crippen LogP contribution in [0.2, 0.25) is 0 Å². The van der Waals surface area contributed by atoms with Crippen molar-refractivity contribution in [3.63, 3.8) is 0 Å². The summed E-state index contributed by atoms with van der Waals surface area (Å²) in [6, 6.07) is 8.95. The van der Waals surface area contributed by atoms with Gasteiger partial charge >= 0.3 is 0 Å². The van der Waals surface area contributed by atoms with E-state index in [0.29, 0.717) is 6.04 Å². The summed E-state index contributed by atoms with van der Waals surface area (Å²) in [6.07, 6.45) is 6.40. The first-order valence-corrected chi connectivity index (χ1v) is 7.16. The van der Waals surface area contributed by atoms with Crippen molar-refractivity contribution < 1.29 is 4.74 Å². The predicted octanol–water partition coefficient (Wildman–Crippen LogP) is 4.14. The highest BCUT2D eigenvalue weighted by molar-refractivity contribution is 5.28. The Hall–Kier alpha value is -1.02. The first-order chi connectivity index (χ1) is 8.80. The lowest BCUT2D eigenvalue weighted by Gasteiger charge is -2.18. The summed E-state index contributed by atoms with van der Waals surface area (Å²) in [4.78, 5) is 0. The number of methoxy groups -OCH3 is 1. The van der Waals surface area contributed by atoms with Crippen LogP contribution in [-0.4, -0.2) is 13.2 Å². The Morgan fingerprint density at radius 3 is 2.67 bits per heavy atom. The Balaban J connectivity index is 2.44. The molecular weight excluding hydrogens is 222 g/mol. The van der Waals surface area contributed by atoms with Crippen LogP contribution in [0.1, 0.15) is 51.5 Å². The van der Waals surface area contributed by atoms with Gasteiger partial charge in [0.2, 0.25) is 0 Å². The summed E-state index contributed by atoms with van der Waals surface area (Å²) in [7, 11) is 1.72. The minimum Gasteiger partial charge on any atom is -0.497 e. The van der Waals surface area contributed by atoms with Gasteiger partial charge in [-0.15, -0.1) is 0 Å². The molecule has 0 aliphatic rings. The minimum atomic E-state index is 0.654. The molecule has 0 radical (unpaired) electrons. The first kappa shape index (κ1) is 15.0. The van der Waals surface area contributed by atoms with Gasteiger partial charge in [0.15, 0.2) is 0 Å². The molecule has 2 heteroatoms. The largest absolute Gasteiger partial charge is 0.497 e. The second-order valence-electron chi connectivity index (χ2n) is 4.86. The number of benzene rings is 1. The highest BCUT2D eigenvalue weighted by Gasteiger charge is 2.06. The molecule has 1 rings (SSSR count). The third-order valence-electron chi connectivity index (χ3n) is 3.27. The Morgan fingerprint density at radius 1 is 1.17 bits per heavy atom. The van der Waals surface area contributed by atoms with Crippen molar-refractivity contribution in [1.82, 2.24) is 5.32 Å². The van der Waals surface area contributed by atoms with Crippen molar-refractivity contribution in [1.29, 1.82) is 0 Å². The maximum absolute atomic E-state index is 5.25. The molecule has 0 spiro atoms. The maximum Gasteiger partial charge on any atom is 0.119 e. The Labute approximate surface area is 112 Å². The second-order valence-corrected chi connectivity index (χ2v) is 4.86. The van der Waals surface area contributed by atoms with E-state index in [9.17, 15) is 0 Å². The van der Waals surface area contributed by atoms with Crippen LogP contribution >= 0.6 is 0 Å². The molecule has 0 bridgehead atoms. The summed E-state index contributed by atoms with van der Waals surface area (Å²) in [5.41, 5.74) is 1.30. The smallest absolute Gasteiger partial charge is 0.119 e. The second kappa shape index (κ2) is 8.98. The van der Waals surface area contributed by atoms with Crippen molar-refractivity contribution in [2.24, 2.45) is 0 Å². The molecule has 1 atom stereocenters. The van der Waals surface area contributed by atoms with Gasteiger partial charge in [-0.05, 0) is 30.5 Å². The third-order valence-corrected chi connectivity index (χ3v) is 3.27. The van der Waals surface area contributed by atoms with Gasteiger partial charge in [-0.25, -0.2) is 0 Å². The first-order valence-electron chi connectivity index (χ1n) is 7.16. The van der Waals surface area contributed by atoms with Gasteiger partial charge in [-0.1, -0.05) is 45.2 Å². The highest BCUT2D eigenvalue weighted by Crippen LogP contribution is 2.13. The normalized spacial score (nSPS) is 12.4. The molecular formula is C16H27NO. The quantitative estimate of drug-likeness (QED) is 0.710. The number of hydrogen-bond donors (Lipinski definition) is 1. The van der Waals surface area contributed by atoms with Crippen molar-refractivity contribution in [2.75, 3.05) is 7.11 Å². The van der Waals surface area contributed by atoms with E-state index in [2.05, 4.69) is 37.4 Å². The van der Waals surface area contributed by atoms with E-state index in [1.54, 1.807) is 7.11 Å². The average Bonchev–Trinajstić information content (AvgIpc) is 2.42. The topological polar surface area (TPSA) is 21.3 Å². The number of hydrogen-bond acceptors (Lipinski definition) is 2. The summed E-state index contributed by atoms with van der Waals surface area (Å²) < 4.78 is 5.25. The summed E-state index contributed by atoms with van der Waals surface area (Å²) >= 11 is 0. The van der Waals surface area contributed by atoms with E-state index >= 15 is 0 Å². The van der Waals surface area contributed by atoms with Gasteiger partial charge in [0.25, 0.3) is 0 Å². The van der Waals surface area contributed by atoms with Crippen LogP contribution < -0.4 is 10.1 Å². The molecule has 1 unspecified atom stereocenters. The number of nitrogens with one attached hydrogen (secondary N) is 1. The lowest BCUT2D eigenvalue weighted by atomic mass is 10.0. The predicted molar refractivity (Wildman–Crippen MR) is 78.1 cm³/mol. The number of unbranched alkanes of at least 4 members (excludes halogenated alkanes) is 1. The van der Waals surface area contributed by atoms with Crippen LogP contribution in [0, 0.1) is 0 Å². The molecule has 1 aromatic rings. The van der Waals surface area contributed by atoms with Gasteiger partial charge in [-0.3, -0.25) is 0 Å². The molecule has 0 heterocycles. The van der Waals surface area contributed by atoms with Gasteiger partial charge in [0, 0.05) is 12.6 Å². The van der Waals surface area contributed by atoms with Crippen LogP contribution in [0.5, 0.6) is 5.75 Å². The molecule has 1 aromatic carbocycles. The van der Waals surface area contributed by atoms with Gasteiger partial charge in [0.1, 0.15) is 5.75 Å². The molecule has 2 nitrogen and oxygen atoms in total. The lowest BCUT2D eigenvalue weighted by Crippen LogP contribution is -2.28. The zero-order valence-corrected chi connectivity index (χ0v) is 12.0.